The quantitative estimate of drug-likeness (QED) is 0.163. The number of ether oxygens (including phenoxy) is 2. The van der Waals surface area contributed by atoms with Gasteiger partial charge < -0.3 is 24.1 Å². The largest absolute Gasteiger partial charge is 0.465 e. The second-order valence-corrected chi connectivity index (χ2v) is 10.0. The van der Waals surface area contributed by atoms with E-state index < -0.39 is 5.97 Å². The topological polar surface area (TPSA) is 76.8 Å². The molecule has 6 rings (SSSR count). The molecule has 2 aromatic heterocycles. The summed E-state index contributed by atoms with van der Waals surface area (Å²) in [6, 6.07) is 32.0. The third kappa shape index (κ3) is 5.29. The molecule has 2 atom stereocenters. The zero-order valence-electron chi connectivity index (χ0n) is 22.5. The van der Waals surface area contributed by atoms with Gasteiger partial charge in [-0.1, -0.05) is 36.4 Å². The molecule has 1 aliphatic heterocycles. The number of pyridine rings is 1. The van der Waals surface area contributed by atoms with Crippen molar-refractivity contribution in [3.05, 3.63) is 132 Å². The third-order valence-electron chi connectivity index (χ3n) is 7.02. The molecule has 1 fully saturated rings. The van der Waals surface area contributed by atoms with Crippen molar-refractivity contribution in [2.24, 2.45) is 0 Å². The van der Waals surface area contributed by atoms with E-state index in [0.717, 1.165) is 34.0 Å². The van der Waals surface area contributed by atoms with Gasteiger partial charge in [0, 0.05) is 17.4 Å². The summed E-state index contributed by atoms with van der Waals surface area (Å²) < 4.78 is 17.4. The lowest BCUT2D eigenvalue weighted by atomic mass is 10.0. The van der Waals surface area contributed by atoms with Crippen LogP contribution in [0, 0.1) is 6.92 Å². The van der Waals surface area contributed by atoms with Crippen molar-refractivity contribution in [1.29, 1.82) is 0 Å². The molecule has 204 valence electrons. The zero-order valence-corrected chi connectivity index (χ0v) is 23.3. The maximum absolute atomic E-state index is 12.1. The van der Waals surface area contributed by atoms with Crippen LogP contribution in [0.15, 0.2) is 114 Å². The fraction of sp³-hybridized carbons (Fsp3) is 0.121. The van der Waals surface area contributed by atoms with Crippen molar-refractivity contribution in [3.8, 4) is 22.8 Å². The van der Waals surface area contributed by atoms with E-state index in [0.29, 0.717) is 22.2 Å². The first-order valence-corrected chi connectivity index (χ1v) is 13.6. The number of furan rings is 1. The molecule has 0 unspecified atom stereocenters. The van der Waals surface area contributed by atoms with Gasteiger partial charge in [0.05, 0.1) is 24.4 Å². The molecule has 0 bridgehead atoms. The highest BCUT2D eigenvalue weighted by molar-refractivity contribution is 7.80. The monoisotopic (exact) mass is 561 g/mol. The Labute approximate surface area is 243 Å². The van der Waals surface area contributed by atoms with Crippen LogP contribution >= 0.6 is 12.2 Å². The Kier molecular flexibility index (Phi) is 7.22. The fourth-order valence-electron chi connectivity index (χ4n) is 4.98. The number of para-hydroxylation sites is 1. The van der Waals surface area contributed by atoms with Crippen LogP contribution in [-0.4, -0.2) is 23.2 Å². The lowest BCUT2D eigenvalue weighted by Gasteiger charge is -2.26. The number of esters is 1. The number of nitrogens with zero attached hydrogens (tertiary/aromatic N) is 2. The number of methoxy groups -OCH3 is 1. The highest BCUT2D eigenvalue weighted by atomic mass is 32.1. The van der Waals surface area contributed by atoms with Crippen LogP contribution < -0.4 is 15.0 Å². The van der Waals surface area contributed by atoms with Gasteiger partial charge in [0.2, 0.25) is 0 Å². The van der Waals surface area contributed by atoms with Gasteiger partial charge >= 0.3 is 5.97 Å². The first kappa shape index (κ1) is 26.3. The van der Waals surface area contributed by atoms with Gasteiger partial charge in [0.25, 0.3) is 0 Å². The Morgan fingerprint density at radius 3 is 2.51 bits per heavy atom. The number of carbonyl (C=O) groups excluding carboxylic acids is 1. The van der Waals surface area contributed by atoms with Crippen LogP contribution in [0.5, 0.6) is 11.5 Å². The van der Waals surface area contributed by atoms with E-state index in [1.54, 1.807) is 24.4 Å². The van der Waals surface area contributed by atoms with Crippen molar-refractivity contribution in [2.75, 3.05) is 12.0 Å². The summed E-state index contributed by atoms with van der Waals surface area (Å²) in [4.78, 5) is 18.7. The predicted molar refractivity (Wildman–Crippen MR) is 161 cm³/mol. The molecule has 5 aromatic rings. The molecular weight excluding hydrogens is 534 g/mol. The molecule has 1 saturated heterocycles. The molecule has 0 saturated carbocycles. The lowest BCUT2D eigenvalue weighted by molar-refractivity contribution is 0.0601. The Hall–Kier alpha value is -4.95. The fourth-order valence-corrected chi connectivity index (χ4v) is 5.32. The molecule has 0 radical (unpaired) electrons. The third-order valence-corrected chi connectivity index (χ3v) is 7.34. The average Bonchev–Trinajstić information content (AvgIpc) is 3.63. The van der Waals surface area contributed by atoms with E-state index in [1.807, 2.05) is 96.8 Å². The number of nitrogens with one attached hydrogen (secondary N) is 1. The van der Waals surface area contributed by atoms with Crippen molar-refractivity contribution in [1.82, 2.24) is 10.3 Å². The minimum absolute atomic E-state index is 0.257. The van der Waals surface area contributed by atoms with Gasteiger partial charge in [-0.25, -0.2) is 4.79 Å². The predicted octanol–water partition coefficient (Wildman–Crippen LogP) is 7.41. The molecule has 8 heteroatoms. The molecule has 0 spiro atoms. The van der Waals surface area contributed by atoms with Gasteiger partial charge in [-0.05, 0) is 91.4 Å². The Morgan fingerprint density at radius 2 is 1.76 bits per heavy atom. The number of rotatable bonds is 7. The highest BCUT2D eigenvalue weighted by Crippen LogP contribution is 2.43. The standard InChI is InChI=1S/C33H27N3O4S/c1-21-8-3-4-12-27(21)39-25-15-13-24(14-16-25)36-31(30(35-33(36)41)26-11-5-6-19-34-26)29-18-17-28(40-29)22-9-7-10-23(20-22)32(37)38-2/h3-20,30-31H,1-2H3,(H,35,41)/t30-,31-/m1/s1. The van der Waals surface area contributed by atoms with Gasteiger partial charge in [0.15, 0.2) is 5.11 Å². The van der Waals surface area contributed by atoms with Gasteiger partial charge in [-0.2, -0.15) is 0 Å². The van der Waals surface area contributed by atoms with Crippen LogP contribution in [0.25, 0.3) is 11.3 Å². The van der Waals surface area contributed by atoms with Crippen LogP contribution in [0.4, 0.5) is 5.69 Å². The van der Waals surface area contributed by atoms with Gasteiger partial charge in [0.1, 0.15) is 29.1 Å². The van der Waals surface area contributed by atoms with Crippen molar-refractivity contribution in [2.45, 2.75) is 19.0 Å². The van der Waals surface area contributed by atoms with E-state index in [-0.39, 0.29) is 12.1 Å². The van der Waals surface area contributed by atoms with Crippen molar-refractivity contribution >= 4 is 29.0 Å². The summed E-state index contributed by atoms with van der Waals surface area (Å²) >= 11 is 5.85. The second kappa shape index (κ2) is 11.3. The number of benzene rings is 3. The van der Waals surface area contributed by atoms with Gasteiger partial charge in [-0.15, -0.1) is 0 Å². The summed E-state index contributed by atoms with van der Waals surface area (Å²) in [6.07, 6.45) is 1.77. The minimum Gasteiger partial charge on any atom is -0.465 e. The van der Waals surface area contributed by atoms with Gasteiger partial charge in [-0.3, -0.25) is 4.98 Å². The van der Waals surface area contributed by atoms with E-state index in [9.17, 15) is 4.79 Å². The van der Waals surface area contributed by atoms with Crippen LogP contribution in [0.2, 0.25) is 0 Å². The Morgan fingerprint density at radius 1 is 0.951 bits per heavy atom. The number of aromatic nitrogens is 1. The summed E-state index contributed by atoms with van der Waals surface area (Å²) in [5.74, 6) is 2.47. The average molecular weight is 562 g/mol. The number of anilines is 1. The maximum atomic E-state index is 12.1. The number of aryl methyl sites for hydroxylation is 1. The zero-order chi connectivity index (χ0) is 28.3. The number of thiocarbonyl (C=S) groups is 1. The van der Waals surface area contributed by atoms with Crippen LogP contribution in [-0.2, 0) is 4.74 Å². The molecule has 3 heterocycles. The molecular formula is C33H27N3O4S. The van der Waals surface area contributed by atoms with E-state index in [2.05, 4.69) is 10.3 Å². The van der Waals surface area contributed by atoms with Crippen LogP contribution in [0.1, 0.15) is 39.5 Å². The summed E-state index contributed by atoms with van der Waals surface area (Å²) in [6.45, 7) is 2.02. The van der Waals surface area contributed by atoms with E-state index in [4.69, 9.17) is 26.1 Å². The normalized spacial score (nSPS) is 16.3. The van der Waals surface area contributed by atoms with Crippen molar-refractivity contribution in [3.63, 3.8) is 0 Å². The van der Waals surface area contributed by atoms with E-state index >= 15 is 0 Å². The first-order valence-electron chi connectivity index (χ1n) is 13.1. The molecule has 0 aliphatic carbocycles. The molecule has 0 amide bonds. The highest BCUT2D eigenvalue weighted by Gasteiger charge is 2.42. The minimum atomic E-state index is -0.403. The summed E-state index contributed by atoms with van der Waals surface area (Å²) in [5.41, 5.74) is 4.01. The number of hydrogen-bond acceptors (Lipinski definition) is 6. The van der Waals surface area contributed by atoms with E-state index in [1.165, 1.54) is 7.11 Å². The smallest absolute Gasteiger partial charge is 0.337 e. The Balaban J connectivity index is 1.35. The number of hydrogen-bond donors (Lipinski definition) is 1. The molecule has 1 aliphatic rings. The maximum Gasteiger partial charge on any atom is 0.337 e. The molecule has 41 heavy (non-hydrogen) atoms. The SMILES string of the molecule is COC(=O)c1cccc(-c2ccc([C@@H]3[C@@H](c4ccccn4)NC(=S)N3c3ccc(Oc4ccccc4C)cc3)o2)c1. The first-order chi connectivity index (χ1) is 20.0. The number of carbonyl (C=O) groups is 1. The lowest BCUT2D eigenvalue weighted by Crippen LogP contribution is -2.29. The molecule has 7 nitrogen and oxygen atoms in total. The molecule has 3 aromatic carbocycles. The Bertz CT molecular complexity index is 1700. The van der Waals surface area contributed by atoms with Crippen molar-refractivity contribution < 1.29 is 18.7 Å². The summed E-state index contributed by atoms with van der Waals surface area (Å²) in [7, 11) is 1.36. The summed E-state index contributed by atoms with van der Waals surface area (Å²) in [5, 5.41) is 4.01. The second-order valence-electron chi connectivity index (χ2n) is 9.63. The van der Waals surface area contributed by atoms with Crippen LogP contribution in [0.3, 0.4) is 0 Å². The molecule has 1 N–H and O–H groups in total.